The van der Waals surface area contributed by atoms with Crippen LogP contribution in [0.2, 0.25) is 10.0 Å². The zero-order valence-corrected chi connectivity index (χ0v) is 17.3. The Labute approximate surface area is 166 Å². The van der Waals surface area contributed by atoms with Crippen molar-refractivity contribution in [2.45, 2.75) is 44.1 Å². The Balaban J connectivity index is 1.86. The largest absolute Gasteiger partial charge is 0.302 e. The Morgan fingerprint density at radius 1 is 1.16 bits per heavy atom. The molecule has 0 atom stereocenters. The van der Waals surface area contributed by atoms with Gasteiger partial charge in [-0.1, -0.05) is 54.9 Å². The molecule has 1 aromatic carbocycles. The Bertz CT molecular complexity index is 838. The second-order valence-electron chi connectivity index (χ2n) is 5.60. The first-order valence-corrected chi connectivity index (χ1v) is 10.8. The maximum Gasteiger partial charge on any atom is 0.191 e. The maximum absolute atomic E-state index is 6.28. The van der Waals surface area contributed by atoms with Gasteiger partial charge in [0.25, 0.3) is 0 Å². The minimum absolute atomic E-state index is 0.671. The molecule has 7 heteroatoms. The number of rotatable bonds is 7. The topological polar surface area (TPSA) is 30.7 Å². The highest BCUT2D eigenvalue weighted by atomic mass is 35.5. The van der Waals surface area contributed by atoms with Crippen LogP contribution in [0, 0.1) is 0 Å². The third-order valence-corrected chi connectivity index (χ3v) is 6.61. The molecule has 0 aliphatic carbocycles. The Hall–Kier alpha value is -1.01. The fourth-order valence-electron chi connectivity index (χ4n) is 2.52. The lowest BCUT2D eigenvalue weighted by Crippen LogP contribution is -2.01. The van der Waals surface area contributed by atoms with Crippen LogP contribution in [0.5, 0.6) is 0 Å². The van der Waals surface area contributed by atoms with Gasteiger partial charge in [0.2, 0.25) is 0 Å². The highest BCUT2D eigenvalue weighted by molar-refractivity contribution is 7.98. The lowest BCUT2D eigenvalue weighted by Gasteiger charge is -2.09. The average molecular weight is 412 g/mol. The summed E-state index contributed by atoms with van der Waals surface area (Å²) in [6, 6.07) is 7.80. The highest BCUT2D eigenvalue weighted by Crippen LogP contribution is 2.33. The molecule has 0 unspecified atom stereocenters. The van der Waals surface area contributed by atoms with Gasteiger partial charge >= 0.3 is 0 Å². The highest BCUT2D eigenvalue weighted by Gasteiger charge is 2.16. The molecular weight excluding hydrogens is 393 g/mol. The van der Waals surface area contributed by atoms with Crippen molar-refractivity contribution in [2.75, 3.05) is 0 Å². The van der Waals surface area contributed by atoms with Crippen molar-refractivity contribution in [2.24, 2.45) is 0 Å². The number of thioether (sulfide) groups is 1. The van der Waals surface area contributed by atoms with Crippen LogP contribution in [0.1, 0.15) is 30.7 Å². The molecule has 2 heterocycles. The fraction of sp³-hybridized carbons (Fsp3) is 0.333. The Morgan fingerprint density at radius 3 is 2.56 bits per heavy atom. The van der Waals surface area contributed by atoms with Crippen LogP contribution in [-0.4, -0.2) is 14.8 Å². The maximum atomic E-state index is 6.28. The van der Waals surface area contributed by atoms with Crippen molar-refractivity contribution in [1.82, 2.24) is 14.8 Å². The molecular formula is C18H19Cl2N3S2. The molecule has 0 aliphatic rings. The monoisotopic (exact) mass is 411 g/mol. The van der Waals surface area contributed by atoms with Crippen LogP contribution >= 0.6 is 46.3 Å². The summed E-state index contributed by atoms with van der Waals surface area (Å²) in [5.74, 6) is 1.61. The van der Waals surface area contributed by atoms with Gasteiger partial charge in [0, 0.05) is 38.2 Å². The summed E-state index contributed by atoms with van der Waals surface area (Å²) in [5, 5.41) is 13.3. The van der Waals surface area contributed by atoms with Gasteiger partial charge < -0.3 is 4.57 Å². The van der Waals surface area contributed by atoms with Gasteiger partial charge in [-0.3, -0.25) is 0 Å². The normalized spacial score (nSPS) is 11.2. The third kappa shape index (κ3) is 4.22. The van der Waals surface area contributed by atoms with E-state index in [0.717, 1.165) is 41.5 Å². The van der Waals surface area contributed by atoms with Gasteiger partial charge in [-0.25, -0.2) is 0 Å². The van der Waals surface area contributed by atoms with Crippen molar-refractivity contribution in [3.05, 3.63) is 50.1 Å². The van der Waals surface area contributed by atoms with Crippen LogP contribution in [-0.2, 0) is 18.7 Å². The zero-order valence-electron chi connectivity index (χ0n) is 14.1. The summed E-state index contributed by atoms with van der Waals surface area (Å²) in [7, 11) is 0. The van der Waals surface area contributed by atoms with Gasteiger partial charge in [-0.2, -0.15) is 0 Å². The molecule has 25 heavy (non-hydrogen) atoms. The second kappa shape index (κ2) is 8.58. The van der Waals surface area contributed by atoms with Gasteiger partial charge in [0.1, 0.15) is 0 Å². The SMILES string of the molecule is CCCn1c(SCc2c(Cl)cccc2Cl)nnc1-c1csc(CC)c1. The summed E-state index contributed by atoms with van der Waals surface area (Å²) in [6.07, 6.45) is 2.06. The van der Waals surface area contributed by atoms with Crippen LogP contribution in [0.3, 0.4) is 0 Å². The van der Waals surface area contributed by atoms with E-state index in [1.807, 2.05) is 18.2 Å². The smallest absolute Gasteiger partial charge is 0.191 e. The van der Waals surface area contributed by atoms with Gasteiger partial charge in [-0.05, 0) is 36.6 Å². The molecule has 0 spiro atoms. The first-order valence-electron chi connectivity index (χ1n) is 8.20. The summed E-state index contributed by atoms with van der Waals surface area (Å²) in [5.41, 5.74) is 2.08. The Kier molecular flexibility index (Phi) is 6.44. The summed E-state index contributed by atoms with van der Waals surface area (Å²) >= 11 is 15.9. The van der Waals surface area contributed by atoms with E-state index in [1.165, 1.54) is 4.88 Å². The van der Waals surface area contributed by atoms with Gasteiger partial charge in [0.15, 0.2) is 11.0 Å². The number of thiophene rings is 1. The zero-order chi connectivity index (χ0) is 17.8. The van der Waals surface area contributed by atoms with E-state index in [0.29, 0.717) is 15.8 Å². The minimum Gasteiger partial charge on any atom is -0.302 e. The number of benzene rings is 1. The van der Waals surface area contributed by atoms with Crippen LogP contribution < -0.4 is 0 Å². The lowest BCUT2D eigenvalue weighted by atomic mass is 10.2. The van der Waals surface area contributed by atoms with E-state index in [4.69, 9.17) is 23.2 Å². The molecule has 0 radical (unpaired) electrons. The number of aromatic nitrogens is 3. The first kappa shape index (κ1) is 18.8. The predicted octanol–water partition coefficient (Wildman–Crippen LogP) is 6.58. The number of nitrogens with zero attached hydrogens (tertiary/aromatic N) is 3. The van der Waals surface area contributed by atoms with Crippen LogP contribution in [0.15, 0.2) is 34.8 Å². The van der Waals surface area contributed by atoms with Crippen molar-refractivity contribution in [3.8, 4) is 11.4 Å². The van der Waals surface area contributed by atoms with Crippen molar-refractivity contribution < 1.29 is 0 Å². The quantitative estimate of drug-likeness (QED) is 0.411. The number of hydrogen-bond donors (Lipinski definition) is 0. The van der Waals surface area contributed by atoms with E-state index in [1.54, 1.807) is 23.1 Å². The van der Waals surface area contributed by atoms with Gasteiger partial charge in [0.05, 0.1) is 0 Å². The molecule has 0 N–H and O–H groups in total. The molecule has 3 aromatic rings. The lowest BCUT2D eigenvalue weighted by molar-refractivity contribution is 0.626. The average Bonchev–Trinajstić information content (AvgIpc) is 3.22. The molecule has 0 saturated carbocycles. The molecule has 0 saturated heterocycles. The van der Waals surface area contributed by atoms with Crippen LogP contribution in [0.25, 0.3) is 11.4 Å². The third-order valence-electron chi connectivity index (χ3n) is 3.83. The first-order chi connectivity index (χ1) is 12.1. The number of halogens is 2. The molecule has 0 aliphatic heterocycles. The summed E-state index contributed by atoms with van der Waals surface area (Å²) < 4.78 is 2.19. The van der Waals surface area contributed by atoms with Crippen molar-refractivity contribution in [3.63, 3.8) is 0 Å². The van der Waals surface area contributed by atoms with Gasteiger partial charge in [-0.15, -0.1) is 21.5 Å². The van der Waals surface area contributed by atoms with Crippen molar-refractivity contribution in [1.29, 1.82) is 0 Å². The summed E-state index contributed by atoms with van der Waals surface area (Å²) in [4.78, 5) is 1.36. The van der Waals surface area contributed by atoms with E-state index >= 15 is 0 Å². The molecule has 0 amide bonds. The fourth-order valence-corrected chi connectivity index (χ4v) is 5.04. The van der Waals surface area contributed by atoms with Crippen molar-refractivity contribution >= 4 is 46.3 Å². The molecule has 0 fully saturated rings. The van der Waals surface area contributed by atoms with E-state index < -0.39 is 0 Å². The summed E-state index contributed by atoms with van der Waals surface area (Å²) in [6.45, 7) is 5.22. The van der Waals surface area contributed by atoms with Crippen LogP contribution in [0.4, 0.5) is 0 Å². The van der Waals surface area contributed by atoms with E-state index in [2.05, 4.69) is 40.1 Å². The molecule has 0 bridgehead atoms. The minimum atomic E-state index is 0.671. The van der Waals surface area contributed by atoms with E-state index in [-0.39, 0.29) is 0 Å². The molecule has 3 nitrogen and oxygen atoms in total. The van der Waals surface area contributed by atoms with E-state index in [9.17, 15) is 0 Å². The predicted molar refractivity (Wildman–Crippen MR) is 109 cm³/mol. The molecule has 2 aromatic heterocycles. The number of hydrogen-bond acceptors (Lipinski definition) is 4. The molecule has 3 rings (SSSR count). The second-order valence-corrected chi connectivity index (χ2v) is 8.35. The molecule has 132 valence electrons. The Morgan fingerprint density at radius 2 is 1.92 bits per heavy atom. The standard InChI is InChI=1S/C18H19Cl2N3S2/c1-3-8-23-17(12-9-13(4-2)24-10-12)21-22-18(23)25-11-14-15(19)6-5-7-16(14)20/h5-7,9-10H,3-4,8,11H2,1-2H3. The number of aryl methyl sites for hydroxylation is 1.